The summed E-state index contributed by atoms with van der Waals surface area (Å²) in [5, 5.41) is 9.98. The molecular weight excluding hydrogens is 528 g/mol. The first-order chi connectivity index (χ1) is 20.3. The number of fused-ring (bicyclic) bond motifs is 1. The minimum atomic E-state index is -1.27. The van der Waals surface area contributed by atoms with Gasteiger partial charge in [0, 0.05) is 46.9 Å². The summed E-state index contributed by atoms with van der Waals surface area (Å²) in [5.74, 6) is 0.420. The lowest BCUT2D eigenvalue weighted by molar-refractivity contribution is -0.127. The summed E-state index contributed by atoms with van der Waals surface area (Å²) in [4.78, 5) is 38.7. The molecule has 1 atom stereocenters. The minimum absolute atomic E-state index is 0.273. The van der Waals surface area contributed by atoms with Gasteiger partial charge < -0.3 is 25.7 Å². The monoisotopic (exact) mass is 564 g/mol. The number of aromatic amines is 1. The number of benzene rings is 2. The number of ether oxygens (including phenoxy) is 1. The molecule has 2 aromatic heterocycles. The smallest absolute Gasteiger partial charge is 0.320 e. The van der Waals surface area contributed by atoms with E-state index in [-0.39, 0.29) is 17.7 Å². The Morgan fingerprint density at radius 3 is 2.52 bits per heavy atom. The van der Waals surface area contributed by atoms with Crippen LogP contribution in [0.5, 0.6) is 5.75 Å². The van der Waals surface area contributed by atoms with Gasteiger partial charge in [0.05, 0.1) is 19.9 Å². The van der Waals surface area contributed by atoms with Crippen molar-refractivity contribution in [2.24, 2.45) is 0 Å². The molecule has 2 heterocycles. The second-order valence-electron chi connectivity index (χ2n) is 11.2. The Kier molecular flexibility index (Phi) is 8.43. The number of H-pyrrole nitrogens is 1. The third-order valence-electron chi connectivity index (χ3n) is 8.28. The second kappa shape index (κ2) is 12.4. The molecule has 9 nitrogen and oxygen atoms in total. The van der Waals surface area contributed by atoms with Gasteiger partial charge in [0.2, 0.25) is 5.91 Å². The number of urea groups is 1. The Balaban J connectivity index is 1.39. The zero-order valence-electron chi connectivity index (χ0n) is 24.0. The van der Waals surface area contributed by atoms with Crippen LogP contribution in [0.3, 0.4) is 0 Å². The van der Waals surface area contributed by atoms with Crippen LogP contribution in [-0.4, -0.2) is 41.1 Å². The van der Waals surface area contributed by atoms with Crippen molar-refractivity contribution in [3.05, 3.63) is 95.7 Å². The van der Waals surface area contributed by atoms with E-state index in [1.54, 1.807) is 44.5 Å². The molecule has 0 aliphatic heterocycles. The fourth-order valence-electron chi connectivity index (χ4n) is 5.88. The normalized spacial score (nSPS) is 15.6. The molecular formula is C33H36N6O3. The fourth-order valence-corrected chi connectivity index (χ4v) is 5.88. The van der Waals surface area contributed by atoms with Crippen molar-refractivity contribution in [1.82, 2.24) is 20.6 Å². The summed E-state index contributed by atoms with van der Waals surface area (Å²) in [6.45, 7) is 9.31. The van der Waals surface area contributed by atoms with Crippen LogP contribution in [0.2, 0.25) is 0 Å². The van der Waals surface area contributed by atoms with Crippen LogP contribution in [-0.2, 0) is 16.6 Å². The number of carbonyl (C=O) groups is 2. The van der Waals surface area contributed by atoms with Crippen LogP contribution in [0.25, 0.3) is 15.7 Å². The van der Waals surface area contributed by atoms with Gasteiger partial charge in [0.25, 0.3) is 0 Å². The number of nitrogens with zero attached hydrogens (tertiary/aromatic N) is 2. The molecule has 0 radical (unpaired) electrons. The number of para-hydroxylation sites is 1. The number of hydrogen-bond acceptors (Lipinski definition) is 4. The van der Waals surface area contributed by atoms with Gasteiger partial charge in [0.1, 0.15) is 11.3 Å². The molecule has 5 rings (SSSR count). The highest BCUT2D eigenvalue weighted by Gasteiger charge is 2.40. The summed E-state index contributed by atoms with van der Waals surface area (Å²) in [5.41, 5.74) is 2.27. The van der Waals surface area contributed by atoms with E-state index < -0.39 is 11.6 Å². The number of anilines is 1. The minimum Gasteiger partial charge on any atom is -0.495 e. The van der Waals surface area contributed by atoms with Crippen molar-refractivity contribution in [2.75, 3.05) is 19.0 Å². The van der Waals surface area contributed by atoms with Gasteiger partial charge in [-0.3, -0.25) is 9.78 Å². The molecule has 0 saturated heterocycles. The van der Waals surface area contributed by atoms with Crippen molar-refractivity contribution in [3.8, 4) is 5.75 Å². The summed E-state index contributed by atoms with van der Waals surface area (Å²) in [7, 11) is 1.62. The fraction of sp³-hybridized carbons (Fsp3) is 0.333. The number of methoxy groups -OCH3 is 1. The lowest BCUT2D eigenvalue weighted by atomic mass is 9.71. The predicted molar refractivity (Wildman–Crippen MR) is 164 cm³/mol. The lowest BCUT2D eigenvalue weighted by Gasteiger charge is -2.38. The van der Waals surface area contributed by atoms with Gasteiger partial charge in [0.15, 0.2) is 5.69 Å². The molecule has 0 bridgehead atoms. The van der Waals surface area contributed by atoms with Gasteiger partial charge in [-0.25, -0.2) is 9.64 Å². The van der Waals surface area contributed by atoms with E-state index in [0.29, 0.717) is 23.7 Å². The number of nitrogens with one attached hydrogen (secondary N) is 4. The quantitative estimate of drug-likeness (QED) is 0.180. The van der Waals surface area contributed by atoms with Crippen LogP contribution >= 0.6 is 0 Å². The molecule has 1 fully saturated rings. The molecule has 2 aromatic carbocycles. The van der Waals surface area contributed by atoms with E-state index in [0.717, 1.165) is 54.3 Å². The van der Waals surface area contributed by atoms with E-state index in [2.05, 4.69) is 25.8 Å². The number of rotatable bonds is 9. The van der Waals surface area contributed by atoms with Crippen LogP contribution in [0.15, 0.2) is 73.1 Å². The highest BCUT2D eigenvalue weighted by Crippen LogP contribution is 2.38. The number of aromatic nitrogens is 2. The first kappa shape index (κ1) is 28.7. The van der Waals surface area contributed by atoms with E-state index in [1.165, 1.54) is 0 Å². The van der Waals surface area contributed by atoms with Gasteiger partial charge in [-0.2, -0.15) is 0 Å². The number of pyridine rings is 1. The lowest BCUT2D eigenvalue weighted by Crippen LogP contribution is -2.60. The SMILES string of the molecule is [C-]#[N+]c1ccc(NC(=O)NC(C)(Cc2c[nH]c3ccccc23)C(=O)NCC2(c3ccc(OC)cn3)CCCCC2)cc1. The molecule has 42 heavy (non-hydrogen) atoms. The molecule has 4 aromatic rings. The van der Waals surface area contributed by atoms with Crippen molar-refractivity contribution in [3.63, 3.8) is 0 Å². The largest absolute Gasteiger partial charge is 0.495 e. The molecule has 4 N–H and O–H groups in total. The van der Waals surface area contributed by atoms with E-state index >= 15 is 0 Å². The highest BCUT2D eigenvalue weighted by atomic mass is 16.5. The molecule has 216 valence electrons. The Morgan fingerprint density at radius 2 is 1.83 bits per heavy atom. The van der Waals surface area contributed by atoms with Crippen molar-refractivity contribution >= 4 is 34.2 Å². The summed E-state index contributed by atoms with van der Waals surface area (Å²) in [6.07, 6.45) is 9.00. The number of carbonyl (C=O) groups excluding carboxylic acids is 2. The average Bonchev–Trinajstić information content (AvgIpc) is 3.42. The van der Waals surface area contributed by atoms with Crippen molar-refractivity contribution < 1.29 is 14.3 Å². The maximum Gasteiger partial charge on any atom is 0.320 e. The molecule has 1 aliphatic carbocycles. The molecule has 9 heteroatoms. The van der Waals surface area contributed by atoms with Crippen molar-refractivity contribution in [2.45, 2.75) is 56.4 Å². The zero-order valence-corrected chi connectivity index (χ0v) is 24.0. The molecule has 0 spiro atoms. The highest BCUT2D eigenvalue weighted by molar-refractivity contribution is 5.96. The number of amides is 3. The van der Waals surface area contributed by atoms with Crippen LogP contribution < -0.4 is 20.7 Å². The molecule has 1 aliphatic rings. The molecule has 1 unspecified atom stereocenters. The van der Waals surface area contributed by atoms with Gasteiger partial charge >= 0.3 is 6.03 Å². The topological polar surface area (TPSA) is 112 Å². The van der Waals surface area contributed by atoms with Crippen LogP contribution in [0, 0.1) is 6.57 Å². The Morgan fingerprint density at radius 1 is 1.07 bits per heavy atom. The average molecular weight is 565 g/mol. The summed E-state index contributed by atoms with van der Waals surface area (Å²) < 4.78 is 5.31. The van der Waals surface area contributed by atoms with Gasteiger partial charge in [-0.1, -0.05) is 49.6 Å². The zero-order chi connectivity index (χ0) is 29.6. The Bertz CT molecular complexity index is 1580. The maximum absolute atomic E-state index is 14.1. The van der Waals surface area contributed by atoms with Gasteiger partial charge in [-0.05, 0) is 55.7 Å². The third kappa shape index (κ3) is 6.23. The van der Waals surface area contributed by atoms with Crippen molar-refractivity contribution in [1.29, 1.82) is 0 Å². The van der Waals surface area contributed by atoms with E-state index in [4.69, 9.17) is 16.3 Å². The Hall–Kier alpha value is -4.84. The van der Waals surface area contributed by atoms with Gasteiger partial charge in [-0.15, -0.1) is 0 Å². The second-order valence-corrected chi connectivity index (χ2v) is 11.2. The summed E-state index contributed by atoms with van der Waals surface area (Å²) >= 11 is 0. The first-order valence-electron chi connectivity index (χ1n) is 14.2. The number of hydrogen-bond donors (Lipinski definition) is 4. The van der Waals surface area contributed by atoms with Crippen LogP contribution in [0.4, 0.5) is 16.2 Å². The third-order valence-corrected chi connectivity index (χ3v) is 8.28. The summed E-state index contributed by atoms with van der Waals surface area (Å²) in [6, 6.07) is 17.9. The first-order valence-corrected chi connectivity index (χ1v) is 14.2. The predicted octanol–water partition coefficient (Wildman–Crippen LogP) is 6.26. The van der Waals surface area contributed by atoms with Crippen LogP contribution in [0.1, 0.15) is 50.3 Å². The Labute approximate surface area is 245 Å². The standard InChI is InChI=1S/C33H36N6O3/c1-32(19-23-20-35-28-10-6-5-9-27(23)28,39-31(41)38-25-13-11-24(34-2)12-14-25)30(40)37-22-33(17-7-4-8-18-33)29-16-15-26(42-3)21-36-29/h5-6,9-16,20-21,35H,4,7-8,17-19,22H2,1,3H3,(H,37,40)(H2,38,39,41). The van der Waals surface area contributed by atoms with E-state index in [9.17, 15) is 9.59 Å². The molecule has 3 amide bonds. The molecule has 1 saturated carbocycles. The maximum atomic E-state index is 14.1. The van der Waals surface area contributed by atoms with E-state index in [1.807, 2.05) is 42.6 Å².